The van der Waals surface area contributed by atoms with Gasteiger partial charge in [0.2, 0.25) is 15.5 Å². The van der Waals surface area contributed by atoms with Gasteiger partial charge in [0, 0.05) is 46.3 Å². The minimum absolute atomic E-state index is 0.110. The van der Waals surface area contributed by atoms with Crippen molar-refractivity contribution in [2.75, 3.05) is 24.0 Å². The monoisotopic (exact) mass is 703 g/mol. The molecule has 0 saturated heterocycles. The Morgan fingerprint density at radius 1 is 1.09 bits per heavy atom. The van der Waals surface area contributed by atoms with Gasteiger partial charge >= 0.3 is 0 Å². The van der Waals surface area contributed by atoms with Gasteiger partial charge in [0.15, 0.2) is 0 Å². The lowest BCUT2D eigenvalue weighted by molar-refractivity contribution is -0.642. The number of amides is 1. The number of thioether (sulfide) groups is 1. The van der Waals surface area contributed by atoms with E-state index < -0.39 is 26.7 Å². The summed E-state index contributed by atoms with van der Waals surface area (Å²) < 4.78 is 43.2. The van der Waals surface area contributed by atoms with E-state index in [2.05, 4.69) is 58.8 Å². The first-order valence-corrected chi connectivity index (χ1v) is 20.4. The van der Waals surface area contributed by atoms with Crippen LogP contribution in [0.4, 0.5) is 5.69 Å². The van der Waals surface area contributed by atoms with Crippen LogP contribution >= 0.6 is 23.1 Å². The molecule has 2 atom stereocenters. The zero-order valence-electron chi connectivity index (χ0n) is 26.3. The van der Waals surface area contributed by atoms with Gasteiger partial charge in [0.05, 0.1) is 27.8 Å². The third-order valence-electron chi connectivity index (χ3n) is 8.74. The highest BCUT2D eigenvalue weighted by Gasteiger charge is 2.30. The fourth-order valence-corrected chi connectivity index (χ4v) is 9.66. The van der Waals surface area contributed by atoms with Gasteiger partial charge in [-0.3, -0.25) is 13.7 Å². The van der Waals surface area contributed by atoms with Crippen molar-refractivity contribution >= 4 is 71.8 Å². The first kappa shape index (κ1) is 31.9. The number of nitrogens with zero attached hydrogens (tertiary/aromatic N) is 3. The number of aryl methyl sites for hydroxylation is 1. The molecule has 1 amide bonds. The Kier molecular flexibility index (Phi) is 8.62. The number of nitrogens with one attached hydrogen (secondary N) is 1. The molecule has 12 heteroatoms. The highest BCUT2D eigenvalue weighted by atomic mass is 32.2. The predicted molar refractivity (Wildman–Crippen MR) is 191 cm³/mol. The molecule has 8 nitrogen and oxygen atoms in total. The number of carbonyl (C=O) groups is 1. The van der Waals surface area contributed by atoms with E-state index in [-0.39, 0.29) is 6.54 Å². The summed E-state index contributed by atoms with van der Waals surface area (Å²) in [4.78, 5) is 16.6. The van der Waals surface area contributed by atoms with Crippen LogP contribution in [0.1, 0.15) is 30.7 Å². The maximum Gasteiger partial charge on any atom is 0.262 e. The molecule has 0 bridgehead atoms. The number of carbonyl (C=O) groups excluding carboxylic acids is 1. The van der Waals surface area contributed by atoms with Gasteiger partial charge in [-0.25, -0.2) is 8.42 Å². The van der Waals surface area contributed by atoms with E-state index in [0.29, 0.717) is 5.92 Å². The Labute approximate surface area is 285 Å². The molecule has 2 aliphatic carbocycles. The maximum atomic E-state index is 12.9. The van der Waals surface area contributed by atoms with Crippen molar-refractivity contribution in [2.45, 2.75) is 35.5 Å². The van der Waals surface area contributed by atoms with Crippen LogP contribution in [0.2, 0.25) is 0 Å². The maximum absolute atomic E-state index is 12.9. The summed E-state index contributed by atoms with van der Waals surface area (Å²) in [6, 6.07) is 16.1. The van der Waals surface area contributed by atoms with Crippen LogP contribution < -0.4 is 14.2 Å². The molecular weight excluding hydrogens is 669 g/mol. The lowest BCUT2D eigenvalue weighted by atomic mass is 9.77. The van der Waals surface area contributed by atoms with E-state index in [4.69, 9.17) is 0 Å². The van der Waals surface area contributed by atoms with Crippen molar-refractivity contribution in [3.8, 4) is 5.69 Å². The summed E-state index contributed by atoms with van der Waals surface area (Å²) >= 11 is 3.34. The highest BCUT2D eigenvalue weighted by Crippen LogP contribution is 2.48. The number of allylic oxidation sites excluding steroid dienone is 6. The molecule has 47 heavy (non-hydrogen) atoms. The number of fused-ring (bicyclic) bond motifs is 3. The van der Waals surface area contributed by atoms with Gasteiger partial charge in [0.25, 0.3) is 10.9 Å². The lowest BCUT2D eigenvalue weighted by Crippen LogP contribution is -2.38. The van der Waals surface area contributed by atoms with Gasteiger partial charge < -0.3 is 9.47 Å². The molecule has 3 heterocycles. The van der Waals surface area contributed by atoms with Gasteiger partial charge in [-0.2, -0.15) is 4.57 Å². The van der Waals surface area contributed by atoms with Crippen LogP contribution in [-0.4, -0.2) is 42.2 Å². The zero-order valence-corrected chi connectivity index (χ0v) is 29.6. The van der Waals surface area contributed by atoms with Crippen LogP contribution in [0.5, 0.6) is 0 Å². The summed E-state index contributed by atoms with van der Waals surface area (Å²) in [7, 11) is -2.64. The van der Waals surface area contributed by atoms with E-state index in [1.807, 2.05) is 52.2 Å². The van der Waals surface area contributed by atoms with E-state index in [1.165, 1.54) is 21.4 Å². The molecule has 4 aromatic rings. The predicted octanol–water partition coefficient (Wildman–Crippen LogP) is 6.22. The molecule has 0 fully saturated rings. The van der Waals surface area contributed by atoms with Crippen LogP contribution in [0.3, 0.4) is 0 Å². The SMILES string of the molecule is C[n+]1c(/C=C2/C=C3C=C(/C=C4\Sc5ccc(-n6cccc6)cc5N4CC(=O)NS(C)(=O)=O)CCC3CC2)sc2ccc(S(C)=O)cc21. The first-order valence-electron chi connectivity index (χ1n) is 15.3. The third kappa shape index (κ3) is 6.83. The quantitative estimate of drug-likeness (QED) is 0.230. The van der Waals surface area contributed by atoms with Gasteiger partial charge in [0.1, 0.15) is 18.3 Å². The molecule has 0 radical (unpaired) electrons. The van der Waals surface area contributed by atoms with Crippen molar-refractivity contribution in [1.29, 1.82) is 0 Å². The second-order valence-electron chi connectivity index (χ2n) is 12.2. The van der Waals surface area contributed by atoms with E-state index in [1.54, 1.807) is 29.4 Å². The second-order valence-corrected chi connectivity index (χ2v) is 17.4. The number of aromatic nitrogens is 2. The number of anilines is 1. The average molecular weight is 704 g/mol. The molecule has 2 unspecified atom stereocenters. The number of hydrogen-bond acceptors (Lipinski definition) is 7. The molecular formula is C35H35N4O4S4+. The normalized spacial score (nSPS) is 20.2. The minimum atomic E-state index is -3.68. The zero-order chi connectivity index (χ0) is 32.9. The molecule has 1 N–H and O–H groups in total. The molecule has 3 aliphatic rings. The molecule has 0 saturated carbocycles. The minimum Gasteiger partial charge on any atom is -0.325 e. The largest absolute Gasteiger partial charge is 0.325 e. The summed E-state index contributed by atoms with van der Waals surface area (Å²) in [5.41, 5.74) is 6.74. The van der Waals surface area contributed by atoms with Crippen molar-refractivity contribution in [3.05, 3.63) is 106 Å². The number of rotatable bonds is 7. The second kappa shape index (κ2) is 12.7. The Bertz CT molecular complexity index is 2180. The Morgan fingerprint density at radius 3 is 2.64 bits per heavy atom. The van der Waals surface area contributed by atoms with Crippen LogP contribution in [0.15, 0.2) is 111 Å². The van der Waals surface area contributed by atoms with E-state index in [0.717, 1.165) is 68.7 Å². The van der Waals surface area contributed by atoms with Gasteiger partial charge in [-0.05, 0) is 96.9 Å². The van der Waals surface area contributed by atoms with Crippen LogP contribution in [0.25, 0.3) is 22.0 Å². The first-order chi connectivity index (χ1) is 22.5. The smallest absolute Gasteiger partial charge is 0.262 e. The van der Waals surface area contributed by atoms with Crippen molar-refractivity contribution in [3.63, 3.8) is 0 Å². The standard InChI is InChI=1S/C35H34N4O4S4/c1-37-29-21-28(46(2)41)11-13-31(29)44-34(37)18-23-6-8-25-9-7-24(17-26(25)16-23)19-35-39(22-33(40)36-47(3,42)43)30-20-27(10-12-32(30)45-35)38-14-4-5-15-38/h4-5,10-21,25H,6-9,22H2,1-3H3/p+1. The number of sulfonamides is 1. The molecule has 2 aromatic heterocycles. The number of hydrogen-bond donors (Lipinski definition) is 1. The summed E-state index contributed by atoms with van der Waals surface area (Å²) in [6.45, 7) is -0.110. The molecule has 7 rings (SSSR count). The van der Waals surface area contributed by atoms with Crippen LogP contribution in [-0.2, 0) is 32.7 Å². The summed E-state index contributed by atoms with van der Waals surface area (Å²) in [5.74, 6) is -0.0593. The van der Waals surface area contributed by atoms with E-state index in [9.17, 15) is 17.4 Å². The Balaban J connectivity index is 1.20. The van der Waals surface area contributed by atoms with Crippen molar-refractivity contribution < 1.29 is 22.0 Å². The third-order valence-corrected chi connectivity index (χ3v) is 12.5. The van der Waals surface area contributed by atoms with Crippen molar-refractivity contribution in [1.82, 2.24) is 9.29 Å². The highest BCUT2D eigenvalue weighted by molar-refractivity contribution is 8.03. The summed E-state index contributed by atoms with van der Waals surface area (Å²) in [6.07, 6.45) is 19.8. The van der Waals surface area contributed by atoms with Crippen molar-refractivity contribution in [2.24, 2.45) is 13.0 Å². The fourth-order valence-electron chi connectivity index (χ4n) is 6.41. The average Bonchev–Trinajstić information content (AvgIpc) is 3.75. The molecule has 1 aliphatic heterocycles. The lowest BCUT2D eigenvalue weighted by Gasteiger charge is -2.28. The Hall–Kier alpha value is -3.71. The molecule has 2 aromatic carbocycles. The fraction of sp³-hybridized carbons (Fsp3) is 0.257. The molecule has 242 valence electrons. The number of benzene rings is 2. The number of thiazole rings is 1. The Morgan fingerprint density at radius 2 is 1.87 bits per heavy atom. The van der Waals surface area contributed by atoms with Gasteiger partial charge in [-0.15, -0.1) is 0 Å². The summed E-state index contributed by atoms with van der Waals surface area (Å²) in [5, 5.41) is 2.06. The topological polar surface area (TPSA) is 92.4 Å². The molecule has 0 spiro atoms. The van der Waals surface area contributed by atoms with Crippen LogP contribution in [0, 0.1) is 5.92 Å². The van der Waals surface area contributed by atoms with E-state index >= 15 is 0 Å². The van der Waals surface area contributed by atoms with Gasteiger partial charge in [-0.1, -0.05) is 35.3 Å².